The minimum Gasteiger partial charge on any atom is -0.379 e. The zero-order chi connectivity index (χ0) is 21.5. The summed E-state index contributed by atoms with van der Waals surface area (Å²) < 4.78 is 6.22. The molecule has 1 N–H and O–H groups in total. The summed E-state index contributed by atoms with van der Waals surface area (Å²) in [7, 11) is 0. The van der Waals surface area contributed by atoms with Crippen molar-refractivity contribution in [2.24, 2.45) is 0 Å². The summed E-state index contributed by atoms with van der Waals surface area (Å²) in [6.07, 6.45) is 0.794. The minimum atomic E-state index is -0.238. The predicted octanol–water partition coefficient (Wildman–Crippen LogP) is 3.33. The Kier molecular flexibility index (Phi) is 8.38. The van der Waals surface area contributed by atoms with Crippen LogP contribution in [0.4, 0.5) is 5.13 Å². The largest absolute Gasteiger partial charge is 0.379 e. The van der Waals surface area contributed by atoms with Crippen LogP contribution in [0.3, 0.4) is 0 Å². The molecular weight excluding hydrogens is 468 g/mol. The van der Waals surface area contributed by atoms with Gasteiger partial charge in [0.05, 0.1) is 18.9 Å². The van der Waals surface area contributed by atoms with Crippen LogP contribution in [0.1, 0.15) is 27.3 Å². The molecule has 1 aliphatic heterocycles. The standard InChI is InChI=1S/C21H27BrN4O3S/c1-15-16(2)30-21(23-15)24-19(27)14-26(8-4-7-25-9-11-29-12-10-25)20(28)17-5-3-6-18(22)13-17/h3,5-6,13H,4,7-12,14H2,1-2H3,(H,23,24,27). The molecule has 1 aromatic carbocycles. The molecule has 0 atom stereocenters. The van der Waals surface area contributed by atoms with Crippen molar-refractivity contribution in [3.8, 4) is 0 Å². The van der Waals surface area contributed by atoms with Gasteiger partial charge in [0, 0.05) is 41.1 Å². The Morgan fingerprint density at radius 3 is 2.73 bits per heavy atom. The Labute approximate surface area is 189 Å². The first-order valence-electron chi connectivity index (χ1n) is 10.0. The summed E-state index contributed by atoms with van der Waals surface area (Å²) in [6.45, 7) is 8.56. The Balaban J connectivity index is 1.64. The van der Waals surface area contributed by atoms with Gasteiger partial charge in [0.15, 0.2) is 5.13 Å². The first-order chi connectivity index (χ1) is 14.4. The molecule has 0 radical (unpaired) electrons. The Bertz CT molecular complexity index is 863. The quantitative estimate of drug-likeness (QED) is 0.608. The molecule has 0 aliphatic carbocycles. The van der Waals surface area contributed by atoms with Gasteiger partial charge >= 0.3 is 0 Å². The highest BCUT2D eigenvalue weighted by atomic mass is 79.9. The molecular formula is C21H27BrN4O3S. The second-order valence-corrected chi connectivity index (χ2v) is 9.37. The lowest BCUT2D eigenvalue weighted by Gasteiger charge is -2.28. The van der Waals surface area contributed by atoms with Gasteiger partial charge in [0.2, 0.25) is 5.91 Å². The van der Waals surface area contributed by atoms with Crippen molar-refractivity contribution in [1.82, 2.24) is 14.8 Å². The summed E-state index contributed by atoms with van der Waals surface area (Å²) in [4.78, 5) is 35.1. The van der Waals surface area contributed by atoms with Crippen molar-refractivity contribution in [1.29, 1.82) is 0 Å². The van der Waals surface area contributed by atoms with Gasteiger partial charge in [-0.05, 0) is 38.5 Å². The number of morpholine rings is 1. The molecule has 1 fully saturated rings. The van der Waals surface area contributed by atoms with E-state index in [0.717, 1.165) is 54.3 Å². The highest BCUT2D eigenvalue weighted by molar-refractivity contribution is 9.10. The first kappa shape index (κ1) is 22.9. The topological polar surface area (TPSA) is 74.8 Å². The molecule has 0 bridgehead atoms. The van der Waals surface area contributed by atoms with Crippen LogP contribution in [0.15, 0.2) is 28.7 Å². The van der Waals surface area contributed by atoms with Gasteiger partial charge in [-0.2, -0.15) is 0 Å². The summed E-state index contributed by atoms with van der Waals surface area (Å²) in [5.74, 6) is -0.390. The van der Waals surface area contributed by atoms with E-state index in [-0.39, 0.29) is 18.4 Å². The van der Waals surface area contributed by atoms with E-state index >= 15 is 0 Å². The second-order valence-electron chi connectivity index (χ2n) is 7.25. The fraction of sp³-hybridized carbons (Fsp3) is 0.476. The van der Waals surface area contributed by atoms with Gasteiger partial charge in [-0.3, -0.25) is 14.5 Å². The molecule has 7 nitrogen and oxygen atoms in total. The number of amides is 2. The predicted molar refractivity (Wildman–Crippen MR) is 122 cm³/mol. The molecule has 0 unspecified atom stereocenters. The van der Waals surface area contributed by atoms with Gasteiger partial charge in [0.25, 0.3) is 5.91 Å². The molecule has 1 aromatic heterocycles. The zero-order valence-electron chi connectivity index (χ0n) is 17.3. The van der Waals surface area contributed by atoms with Gasteiger partial charge in [-0.25, -0.2) is 4.98 Å². The van der Waals surface area contributed by atoms with Crippen LogP contribution in [-0.2, 0) is 9.53 Å². The maximum Gasteiger partial charge on any atom is 0.254 e. The highest BCUT2D eigenvalue weighted by Gasteiger charge is 2.20. The number of ether oxygens (including phenoxy) is 1. The van der Waals surface area contributed by atoms with E-state index in [2.05, 4.69) is 31.1 Å². The van der Waals surface area contributed by atoms with Crippen molar-refractivity contribution < 1.29 is 14.3 Å². The van der Waals surface area contributed by atoms with Gasteiger partial charge in [-0.15, -0.1) is 11.3 Å². The van der Waals surface area contributed by atoms with Crippen LogP contribution in [0.2, 0.25) is 0 Å². The lowest BCUT2D eigenvalue weighted by atomic mass is 10.2. The number of carbonyl (C=O) groups excluding carboxylic acids is 2. The lowest BCUT2D eigenvalue weighted by molar-refractivity contribution is -0.116. The Hall–Kier alpha value is -1.81. The SMILES string of the molecule is Cc1nc(NC(=O)CN(CCCN2CCOCC2)C(=O)c2cccc(Br)c2)sc1C. The van der Waals surface area contributed by atoms with Crippen LogP contribution in [-0.4, -0.2) is 72.5 Å². The maximum absolute atomic E-state index is 13.1. The number of thiazole rings is 1. The monoisotopic (exact) mass is 494 g/mol. The molecule has 0 spiro atoms. The summed E-state index contributed by atoms with van der Waals surface area (Å²) >= 11 is 4.86. The van der Waals surface area contributed by atoms with Crippen molar-refractivity contribution in [2.75, 3.05) is 51.3 Å². The highest BCUT2D eigenvalue weighted by Crippen LogP contribution is 2.21. The molecule has 1 aliphatic rings. The number of benzene rings is 1. The van der Waals surface area contributed by atoms with E-state index in [4.69, 9.17) is 4.74 Å². The van der Waals surface area contributed by atoms with E-state index in [9.17, 15) is 9.59 Å². The number of nitrogens with one attached hydrogen (secondary N) is 1. The molecule has 0 saturated carbocycles. The third-order valence-electron chi connectivity index (χ3n) is 4.97. The summed E-state index contributed by atoms with van der Waals surface area (Å²) in [5, 5.41) is 3.40. The van der Waals surface area contributed by atoms with Crippen molar-refractivity contribution >= 4 is 44.2 Å². The molecule has 2 amide bonds. The molecule has 30 heavy (non-hydrogen) atoms. The number of carbonyl (C=O) groups is 2. The zero-order valence-corrected chi connectivity index (χ0v) is 19.7. The number of hydrogen-bond donors (Lipinski definition) is 1. The van der Waals surface area contributed by atoms with Gasteiger partial charge in [-0.1, -0.05) is 22.0 Å². The average molecular weight is 495 g/mol. The normalized spacial score (nSPS) is 14.5. The fourth-order valence-corrected chi connectivity index (χ4v) is 4.45. The number of halogens is 1. The third kappa shape index (κ3) is 6.60. The summed E-state index contributed by atoms with van der Waals surface area (Å²) in [6, 6.07) is 7.25. The third-order valence-corrected chi connectivity index (χ3v) is 6.46. The van der Waals surface area contributed by atoms with Crippen LogP contribution in [0.5, 0.6) is 0 Å². The number of aromatic nitrogens is 1. The molecule has 162 valence electrons. The number of nitrogens with zero attached hydrogens (tertiary/aromatic N) is 3. The fourth-order valence-electron chi connectivity index (χ4n) is 3.22. The maximum atomic E-state index is 13.1. The van der Waals surface area contributed by atoms with E-state index in [0.29, 0.717) is 17.2 Å². The van der Waals surface area contributed by atoms with Gasteiger partial charge in [0.1, 0.15) is 6.54 Å². The van der Waals surface area contributed by atoms with Gasteiger partial charge < -0.3 is 15.0 Å². The van der Waals surface area contributed by atoms with Crippen molar-refractivity contribution in [2.45, 2.75) is 20.3 Å². The molecule has 1 saturated heterocycles. The van der Waals surface area contributed by atoms with Crippen LogP contribution in [0, 0.1) is 13.8 Å². The van der Waals surface area contributed by atoms with Crippen molar-refractivity contribution in [3.05, 3.63) is 44.9 Å². The smallest absolute Gasteiger partial charge is 0.254 e. The van der Waals surface area contributed by atoms with E-state index in [1.54, 1.807) is 17.0 Å². The van der Waals surface area contributed by atoms with Crippen molar-refractivity contribution in [3.63, 3.8) is 0 Å². The number of hydrogen-bond acceptors (Lipinski definition) is 6. The van der Waals surface area contributed by atoms with E-state index in [1.165, 1.54) is 11.3 Å². The molecule has 3 rings (SSSR count). The van der Waals surface area contributed by atoms with Crippen LogP contribution >= 0.6 is 27.3 Å². The second kappa shape index (κ2) is 11.0. The number of anilines is 1. The lowest BCUT2D eigenvalue weighted by Crippen LogP contribution is -2.41. The molecule has 2 aromatic rings. The molecule has 2 heterocycles. The minimum absolute atomic E-state index is 0.00780. The summed E-state index contributed by atoms with van der Waals surface area (Å²) in [5.41, 5.74) is 1.47. The Morgan fingerprint density at radius 1 is 1.30 bits per heavy atom. The van der Waals surface area contributed by atoms with E-state index < -0.39 is 0 Å². The van der Waals surface area contributed by atoms with Crippen LogP contribution < -0.4 is 5.32 Å². The number of aryl methyl sites for hydroxylation is 2. The van der Waals surface area contributed by atoms with E-state index in [1.807, 2.05) is 26.0 Å². The molecule has 9 heteroatoms. The number of rotatable bonds is 8. The average Bonchev–Trinajstić information content (AvgIpc) is 3.04. The Morgan fingerprint density at radius 2 is 2.07 bits per heavy atom. The van der Waals surface area contributed by atoms with Crippen LogP contribution in [0.25, 0.3) is 0 Å². The first-order valence-corrected chi connectivity index (χ1v) is 11.6.